The van der Waals surface area contributed by atoms with Gasteiger partial charge in [0.25, 0.3) is 0 Å². The fourth-order valence-corrected chi connectivity index (χ4v) is 3.11. The summed E-state index contributed by atoms with van der Waals surface area (Å²) in [6.07, 6.45) is 2.54. The molecule has 0 heterocycles. The SMILES string of the molecule is CCP(CC)c1ccc(Cl)cc1.[Cl][Au]. The molecule has 0 aliphatic carbocycles. The Kier molecular flexibility index (Phi) is 9.85. The molecule has 0 nitrogen and oxygen atoms in total. The van der Waals surface area contributed by atoms with E-state index in [0.717, 1.165) is 5.02 Å². The standard InChI is InChI=1S/C10H14ClP.Au.ClH/c1-3-12(4-2)10-7-5-9(11)6-8-10;;/h5-8H,3-4H2,1-2H3;;1H/q;+1;/p-1. The van der Waals surface area contributed by atoms with Crippen LogP contribution in [0.2, 0.25) is 5.02 Å². The van der Waals surface area contributed by atoms with Gasteiger partial charge in [-0.2, -0.15) is 0 Å². The minimum absolute atomic E-state index is 0.0776. The summed E-state index contributed by atoms with van der Waals surface area (Å²) in [5.41, 5.74) is 0. The van der Waals surface area contributed by atoms with Crippen LogP contribution in [0, 0.1) is 0 Å². The molecule has 0 atom stereocenters. The maximum absolute atomic E-state index is 5.81. The predicted octanol–water partition coefficient (Wildman–Crippen LogP) is 4.17. The first-order chi connectivity index (χ1) is 6.77. The normalized spacial score (nSPS) is 9.64. The Morgan fingerprint density at radius 3 is 1.86 bits per heavy atom. The summed E-state index contributed by atoms with van der Waals surface area (Å²) in [5.74, 6) is 0. The summed E-state index contributed by atoms with van der Waals surface area (Å²) in [7, 11) is 4.66. The van der Waals surface area contributed by atoms with Crippen molar-refractivity contribution in [2.24, 2.45) is 0 Å². The van der Waals surface area contributed by atoms with E-state index in [1.807, 2.05) is 12.1 Å². The number of halogens is 2. The molecule has 0 amide bonds. The minimum atomic E-state index is 0.0776. The first kappa shape index (κ1) is 15.0. The van der Waals surface area contributed by atoms with Crippen LogP contribution in [0.3, 0.4) is 0 Å². The van der Waals surface area contributed by atoms with Crippen molar-refractivity contribution in [3.05, 3.63) is 29.3 Å². The van der Waals surface area contributed by atoms with Crippen LogP contribution in [0.4, 0.5) is 0 Å². The predicted molar refractivity (Wildman–Crippen MR) is 64.9 cm³/mol. The van der Waals surface area contributed by atoms with Gasteiger partial charge in [-0.15, -0.1) is 0 Å². The summed E-state index contributed by atoms with van der Waals surface area (Å²) in [6.45, 7) is 4.51. The van der Waals surface area contributed by atoms with Crippen LogP contribution >= 0.6 is 28.7 Å². The number of hydrogen-bond acceptors (Lipinski definition) is 0. The number of rotatable bonds is 3. The Bertz CT molecular complexity index is 234. The Morgan fingerprint density at radius 1 is 1.07 bits per heavy atom. The molecule has 14 heavy (non-hydrogen) atoms. The van der Waals surface area contributed by atoms with Crippen molar-refractivity contribution in [3.63, 3.8) is 0 Å². The third-order valence-corrected chi connectivity index (χ3v) is 4.76. The van der Waals surface area contributed by atoms with E-state index in [1.165, 1.54) is 17.6 Å². The van der Waals surface area contributed by atoms with E-state index >= 15 is 0 Å². The molecule has 0 N–H and O–H groups in total. The molecule has 84 valence electrons. The maximum atomic E-state index is 5.81. The average Bonchev–Trinajstić information content (AvgIpc) is 2.25. The summed E-state index contributed by atoms with van der Waals surface area (Å²) < 4.78 is 0. The Hall–Kier alpha value is 0.970. The van der Waals surface area contributed by atoms with Gasteiger partial charge in [0.15, 0.2) is 0 Å². The molecule has 0 aliphatic rings. The van der Waals surface area contributed by atoms with Crippen molar-refractivity contribution in [1.82, 2.24) is 0 Å². The Morgan fingerprint density at radius 2 is 1.50 bits per heavy atom. The van der Waals surface area contributed by atoms with Gasteiger partial charge >= 0.3 is 29.2 Å². The monoisotopic (exact) mass is 432 g/mol. The molecule has 1 aromatic carbocycles. The fraction of sp³-hybridized carbons (Fsp3) is 0.400. The van der Waals surface area contributed by atoms with E-state index in [9.17, 15) is 0 Å². The van der Waals surface area contributed by atoms with Crippen LogP contribution in [0.15, 0.2) is 24.3 Å². The van der Waals surface area contributed by atoms with E-state index in [-0.39, 0.29) is 7.92 Å². The van der Waals surface area contributed by atoms with E-state index in [4.69, 9.17) is 11.6 Å². The molecule has 4 heteroatoms. The molecule has 0 saturated carbocycles. The zero-order valence-corrected chi connectivity index (χ0v) is 12.8. The summed E-state index contributed by atoms with van der Waals surface area (Å²) >= 11 is 7.56. The van der Waals surface area contributed by atoms with Crippen LogP contribution in [-0.2, 0) is 20.0 Å². The molecule has 0 spiro atoms. The van der Waals surface area contributed by atoms with Gasteiger partial charge in [-0.3, -0.25) is 0 Å². The molecule has 0 fully saturated rings. The number of hydrogen-bond donors (Lipinski definition) is 0. The Balaban J connectivity index is 0.000000791. The Labute approximate surface area is 109 Å². The van der Waals surface area contributed by atoms with Gasteiger partial charge in [0.2, 0.25) is 0 Å². The van der Waals surface area contributed by atoms with Gasteiger partial charge in [0, 0.05) is 5.02 Å². The first-order valence-electron chi connectivity index (χ1n) is 4.39. The zero-order valence-electron chi connectivity index (χ0n) is 8.23. The van der Waals surface area contributed by atoms with Crippen molar-refractivity contribution in [2.75, 3.05) is 12.3 Å². The molecule has 0 aromatic heterocycles. The second-order valence-electron chi connectivity index (χ2n) is 2.65. The van der Waals surface area contributed by atoms with Crippen molar-refractivity contribution in [2.45, 2.75) is 13.8 Å². The van der Waals surface area contributed by atoms with Crippen LogP contribution in [0.1, 0.15) is 13.8 Å². The topological polar surface area (TPSA) is 0 Å². The van der Waals surface area contributed by atoms with Gasteiger partial charge in [0.05, 0.1) is 0 Å². The van der Waals surface area contributed by atoms with Crippen LogP contribution in [0.5, 0.6) is 0 Å². The molecular formula is C10H14AuCl2P. The molecule has 0 unspecified atom stereocenters. The third-order valence-electron chi connectivity index (χ3n) is 1.96. The van der Waals surface area contributed by atoms with Crippen LogP contribution in [-0.4, -0.2) is 12.3 Å². The molecule has 0 saturated heterocycles. The van der Waals surface area contributed by atoms with Gasteiger partial charge in [-0.05, 0) is 29.8 Å². The van der Waals surface area contributed by atoms with Crippen molar-refractivity contribution in [3.8, 4) is 0 Å². The molecule has 0 aliphatic heterocycles. The van der Waals surface area contributed by atoms with E-state index in [1.54, 1.807) is 20.0 Å². The van der Waals surface area contributed by atoms with E-state index in [0.29, 0.717) is 0 Å². The van der Waals surface area contributed by atoms with E-state index in [2.05, 4.69) is 35.2 Å². The molecule has 0 bridgehead atoms. The van der Waals surface area contributed by atoms with Gasteiger partial charge in [0.1, 0.15) is 0 Å². The molecule has 0 radical (unpaired) electrons. The zero-order chi connectivity index (χ0) is 11.0. The van der Waals surface area contributed by atoms with Crippen LogP contribution in [0.25, 0.3) is 0 Å². The van der Waals surface area contributed by atoms with Gasteiger partial charge in [-0.1, -0.05) is 45.5 Å². The summed E-state index contributed by atoms with van der Waals surface area (Å²) in [5, 5.41) is 2.31. The molecule has 1 aromatic rings. The average molecular weight is 433 g/mol. The summed E-state index contributed by atoms with van der Waals surface area (Å²) in [4.78, 5) is 0. The fourth-order valence-electron chi connectivity index (χ4n) is 1.24. The number of benzene rings is 1. The second kappa shape index (κ2) is 9.21. The van der Waals surface area contributed by atoms with E-state index < -0.39 is 0 Å². The first-order valence-corrected chi connectivity index (χ1v) is 9.17. The van der Waals surface area contributed by atoms with Crippen molar-refractivity contribution in [1.29, 1.82) is 0 Å². The quantitative estimate of drug-likeness (QED) is 0.496. The van der Waals surface area contributed by atoms with Crippen molar-refractivity contribution >= 4 is 34.0 Å². The van der Waals surface area contributed by atoms with Gasteiger partial charge < -0.3 is 0 Å². The third kappa shape index (κ3) is 5.16. The molecule has 1 rings (SSSR count). The molecular weight excluding hydrogens is 419 g/mol. The van der Waals surface area contributed by atoms with Crippen LogP contribution < -0.4 is 5.30 Å². The summed E-state index contributed by atoms with van der Waals surface area (Å²) in [6, 6.07) is 8.27. The second-order valence-corrected chi connectivity index (χ2v) is 5.95. The van der Waals surface area contributed by atoms with Crippen molar-refractivity contribution < 1.29 is 20.0 Å². The van der Waals surface area contributed by atoms with Gasteiger partial charge in [-0.25, -0.2) is 0 Å².